The highest BCUT2D eigenvalue weighted by molar-refractivity contribution is 5.80. The highest BCUT2D eigenvalue weighted by Crippen LogP contribution is 2.15. The van der Waals surface area contributed by atoms with Crippen LogP contribution in [0.4, 0.5) is 5.82 Å². The summed E-state index contributed by atoms with van der Waals surface area (Å²) in [6.45, 7) is 12.4. The Kier molecular flexibility index (Phi) is 6.17. The molecule has 1 aliphatic heterocycles. The third kappa shape index (κ3) is 4.45. The van der Waals surface area contributed by atoms with Crippen LogP contribution in [-0.2, 0) is 11.3 Å². The van der Waals surface area contributed by atoms with Gasteiger partial charge >= 0.3 is 0 Å². The van der Waals surface area contributed by atoms with Crippen LogP contribution in [0.2, 0.25) is 0 Å². The average Bonchev–Trinajstić information content (AvgIpc) is 3.02. The number of nitrogen functional groups attached to an aromatic ring is 1. The molecule has 1 fully saturated rings. The molecule has 8 nitrogen and oxygen atoms in total. The number of nitrogens with two attached hydrogens (primary N) is 1. The number of imidazole rings is 1. The number of piperazine rings is 1. The van der Waals surface area contributed by atoms with Gasteiger partial charge in [-0.2, -0.15) is 0 Å². The van der Waals surface area contributed by atoms with Crippen molar-refractivity contribution < 1.29 is 4.74 Å². The van der Waals surface area contributed by atoms with Gasteiger partial charge in [0.15, 0.2) is 11.5 Å². The van der Waals surface area contributed by atoms with Gasteiger partial charge in [-0.1, -0.05) is 0 Å². The van der Waals surface area contributed by atoms with Crippen LogP contribution < -0.4 is 5.73 Å². The molecule has 1 atom stereocenters. The lowest BCUT2D eigenvalue weighted by molar-refractivity contribution is 0.0487. The number of rotatable bonds is 8. The minimum Gasteiger partial charge on any atom is -0.382 e. The van der Waals surface area contributed by atoms with Gasteiger partial charge in [-0.3, -0.25) is 4.90 Å². The van der Waals surface area contributed by atoms with E-state index in [0.717, 1.165) is 64.6 Å². The van der Waals surface area contributed by atoms with Crippen molar-refractivity contribution in [2.45, 2.75) is 32.9 Å². The van der Waals surface area contributed by atoms with Crippen LogP contribution in [0.5, 0.6) is 0 Å². The van der Waals surface area contributed by atoms with Gasteiger partial charge in [0.05, 0.1) is 12.9 Å². The Morgan fingerprint density at radius 2 is 2.08 bits per heavy atom. The fourth-order valence-corrected chi connectivity index (χ4v) is 3.46. The smallest absolute Gasteiger partial charge is 0.165 e. The van der Waals surface area contributed by atoms with E-state index in [4.69, 9.17) is 10.5 Å². The van der Waals surface area contributed by atoms with E-state index in [0.29, 0.717) is 17.4 Å². The van der Waals surface area contributed by atoms with E-state index >= 15 is 0 Å². The van der Waals surface area contributed by atoms with Gasteiger partial charge in [0.25, 0.3) is 0 Å². The van der Waals surface area contributed by atoms with E-state index in [1.54, 1.807) is 0 Å². The molecule has 3 heterocycles. The molecule has 1 saturated heterocycles. The minimum absolute atomic E-state index is 0.445. The number of ether oxygens (including phenoxy) is 1. The van der Waals surface area contributed by atoms with Gasteiger partial charge in [-0.15, -0.1) is 0 Å². The maximum atomic E-state index is 5.84. The predicted molar refractivity (Wildman–Crippen MR) is 98.3 cm³/mol. The Hall–Kier alpha value is -1.77. The van der Waals surface area contributed by atoms with Crippen molar-refractivity contribution >= 4 is 17.0 Å². The lowest BCUT2D eigenvalue weighted by atomic mass is 10.2. The first-order valence-electron chi connectivity index (χ1n) is 9.14. The molecule has 0 aliphatic carbocycles. The highest BCUT2D eigenvalue weighted by atomic mass is 16.5. The van der Waals surface area contributed by atoms with Crippen molar-refractivity contribution in [3.63, 3.8) is 0 Å². The summed E-state index contributed by atoms with van der Waals surface area (Å²) in [5.74, 6) is 0.445. The molecule has 0 bridgehead atoms. The lowest BCUT2D eigenvalue weighted by Gasteiger charge is -2.39. The van der Waals surface area contributed by atoms with Crippen LogP contribution in [-0.4, -0.2) is 81.3 Å². The summed E-state index contributed by atoms with van der Waals surface area (Å²) in [6, 6.07) is 0.579. The molecule has 2 aromatic heterocycles. The summed E-state index contributed by atoms with van der Waals surface area (Å²) in [6.07, 6.45) is 4.38. The molecule has 3 rings (SSSR count). The molecule has 0 spiro atoms. The number of hydrogen-bond acceptors (Lipinski definition) is 7. The monoisotopic (exact) mass is 347 g/mol. The SMILES string of the molecule is CCOCCN1CCN(CCCn2cnc3c(N)ncnc32)CC1C. The summed E-state index contributed by atoms with van der Waals surface area (Å²) < 4.78 is 7.54. The number of hydrogen-bond donors (Lipinski definition) is 1. The van der Waals surface area contributed by atoms with Crippen molar-refractivity contribution in [2.75, 3.05) is 51.7 Å². The van der Waals surface area contributed by atoms with Crippen LogP contribution in [0.15, 0.2) is 12.7 Å². The molecule has 25 heavy (non-hydrogen) atoms. The predicted octanol–water partition coefficient (Wildman–Crippen LogP) is 0.841. The second-order valence-corrected chi connectivity index (χ2v) is 6.61. The molecule has 1 aliphatic rings. The van der Waals surface area contributed by atoms with Crippen LogP contribution in [0.3, 0.4) is 0 Å². The number of fused-ring (bicyclic) bond motifs is 1. The summed E-state index contributed by atoms with van der Waals surface area (Å²) in [7, 11) is 0. The van der Waals surface area contributed by atoms with Gasteiger partial charge in [0.1, 0.15) is 11.8 Å². The average molecular weight is 347 g/mol. The Morgan fingerprint density at radius 1 is 1.20 bits per heavy atom. The van der Waals surface area contributed by atoms with Crippen molar-refractivity contribution in [3.8, 4) is 0 Å². The second-order valence-electron chi connectivity index (χ2n) is 6.61. The molecule has 2 aromatic rings. The number of aromatic nitrogens is 4. The van der Waals surface area contributed by atoms with Gasteiger partial charge in [-0.25, -0.2) is 15.0 Å². The second kappa shape index (κ2) is 8.55. The molecule has 1 unspecified atom stereocenters. The molecule has 8 heteroatoms. The Labute approximate surface area is 149 Å². The van der Waals surface area contributed by atoms with Crippen molar-refractivity contribution in [2.24, 2.45) is 0 Å². The van der Waals surface area contributed by atoms with Crippen molar-refractivity contribution in [3.05, 3.63) is 12.7 Å². The zero-order valence-electron chi connectivity index (χ0n) is 15.3. The van der Waals surface area contributed by atoms with Crippen LogP contribution >= 0.6 is 0 Å². The molecular formula is C17H29N7O. The highest BCUT2D eigenvalue weighted by Gasteiger charge is 2.22. The minimum atomic E-state index is 0.445. The standard InChI is InChI=1S/C17H29N7O/c1-3-25-10-9-23-8-7-22(11-14(23)2)5-4-6-24-13-21-15-16(18)19-12-20-17(15)24/h12-14H,3-11H2,1-2H3,(H2,18,19,20). The zero-order chi connectivity index (χ0) is 17.6. The third-order valence-corrected chi connectivity index (χ3v) is 4.88. The van der Waals surface area contributed by atoms with Crippen molar-refractivity contribution in [1.82, 2.24) is 29.3 Å². The topological polar surface area (TPSA) is 85.3 Å². The fraction of sp³-hybridized carbons (Fsp3) is 0.706. The first-order valence-corrected chi connectivity index (χ1v) is 9.14. The number of nitrogens with zero attached hydrogens (tertiary/aromatic N) is 6. The van der Waals surface area contributed by atoms with Gasteiger partial charge < -0.3 is 19.9 Å². The molecule has 0 aromatic carbocycles. The van der Waals surface area contributed by atoms with Crippen LogP contribution in [0, 0.1) is 0 Å². The maximum Gasteiger partial charge on any atom is 0.165 e. The van der Waals surface area contributed by atoms with Crippen LogP contribution in [0.1, 0.15) is 20.3 Å². The number of anilines is 1. The Bertz CT molecular complexity index is 674. The van der Waals surface area contributed by atoms with E-state index < -0.39 is 0 Å². The summed E-state index contributed by atoms with van der Waals surface area (Å²) in [5, 5.41) is 0. The molecule has 0 saturated carbocycles. The van der Waals surface area contributed by atoms with E-state index in [2.05, 4.69) is 36.2 Å². The summed E-state index contributed by atoms with van der Waals surface area (Å²) in [5.41, 5.74) is 7.35. The van der Waals surface area contributed by atoms with E-state index in [1.807, 2.05) is 13.3 Å². The molecule has 0 radical (unpaired) electrons. The van der Waals surface area contributed by atoms with E-state index in [1.165, 1.54) is 6.33 Å². The Morgan fingerprint density at radius 3 is 2.88 bits per heavy atom. The lowest BCUT2D eigenvalue weighted by Crippen LogP contribution is -2.52. The summed E-state index contributed by atoms with van der Waals surface area (Å²) >= 11 is 0. The maximum absolute atomic E-state index is 5.84. The third-order valence-electron chi connectivity index (χ3n) is 4.88. The number of aryl methyl sites for hydroxylation is 1. The van der Waals surface area contributed by atoms with Crippen LogP contribution in [0.25, 0.3) is 11.2 Å². The normalized spacial score (nSPS) is 19.7. The fourth-order valence-electron chi connectivity index (χ4n) is 3.46. The Balaban J connectivity index is 1.44. The summed E-state index contributed by atoms with van der Waals surface area (Å²) in [4.78, 5) is 17.7. The van der Waals surface area contributed by atoms with E-state index in [-0.39, 0.29) is 0 Å². The van der Waals surface area contributed by atoms with Gasteiger partial charge in [0.2, 0.25) is 0 Å². The quantitative estimate of drug-likeness (QED) is 0.708. The zero-order valence-corrected chi connectivity index (χ0v) is 15.3. The molecule has 0 amide bonds. The van der Waals surface area contributed by atoms with Gasteiger partial charge in [0, 0.05) is 45.4 Å². The molecular weight excluding hydrogens is 318 g/mol. The molecule has 2 N–H and O–H groups in total. The van der Waals surface area contributed by atoms with Crippen molar-refractivity contribution in [1.29, 1.82) is 0 Å². The molecule has 138 valence electrons. The largest absolute Gasteiger partial charge is 0.382 e. The first kappa shape index (κ1) is 18.0. The van der Waals surface area contributed by atoms with Gasteiger partial charge in [-0.05, 0) is 26.8 Å². The van der Waals surface area contributed by atoms with E-state index in [9.17, 15) is 0 Å². The first-order chi connectivity index (χ1) is 12.2.